The van der Waals surface area contributed by atoms with Crippen LogP contribution in [0, 0.1) is 11.8 Å². The zero-order valence-corrected chi connectivity index (χ0v) is 12.6. The zero-order valence-electron chi connectivity index (χ0n) is 11.7. The van der Waals surface area contributed by atoms with Crippen LogP contribution in [0.2, 0.25) is 0 Å². The molecule has 0 fully saturated rings. The molecule has 0 saturated heterocycles. The smallest absolute Gasteiger partial charge is 0.263 e. The molecule has 0 aromatic carbocycles. The number of aliphatic hydroxyl groups excluding tert-OH is 1. The lowest BCUT2D eigenvalue weighted by molar-refractivity contribution is 0.0905. The number of carbonyl (C=O) groups excluding carboxylic acids is 1. The van der Waals surface area contributed by atoms with Crippen molar-refractivity contribution in [2.75, 3.05) is 6.61 Å². The average Bonchev–Trinajstić information content (AvgIpc) is 2.87. The van der Waals surface area contributed by atoms with Crippen molar-refractivity contribution in [1.29, 1.82) is 0 Å². The van der Waals surface area contributed by atoms with Gasteiger partial charge in [-0.1, -0.05) is 25.7 Å². The fourth-order valence-electron chi connectivity index (χ4n) is 1.55. The number of carbonyl (C=O) groups is 1. The summed E-state index contributed by atoms with van der Waals surface area (Å²) in [5.41, 5.74) is 0.571. The van der Waals surface area contributed by atoms with Crippen molar-refractivity contribution >= 4 is 17.2 Å². The quantitative estimate of drug-likeness (QED) is 0.814. The lowest BCUT2D eigenvalue weighted by atomic mass is 9.95. The van der Waals surface area contributed by atoms with Crippen molar-refractivity contribution < 1.29 is 9.90 Å². The second kappa shape index (κ2) is 7.32. The van der Waals surface area contributed by atoms with E-state index in [9.17, 15) is 4.79 Å². The first-order chi connectivity index (χ1) is 9.06. The summed E-state index contributed by atoms with van der Waals surface area (Å²) in [4.78, 5) is 12.9. The number of hydrogen-bond acceptors (Lipinski definition) is 3. The SMILES string of the molecule is CCC(C)(CC)NC(=O)c1sccc1C#CCCO. The Labute approximate surface area is 119 Å². The van der Waals surface area contributed by atoms with Crippen LogP contribution in [0.3, 0.4) is 0 Å². The number of aliphatic hydroxyl groups is 1. The van der Waals surface area contributed by atoms with E-state index in [-0.39, 0.29) is 18.1 Å². The van der Waals surface area contributed by atoms with Crippen LogP contribution in [0.15, 0.2) is 11.4 Å². The first kappa shape index (κ1) is 15.7. The molecular weight excluding hydrogens is 258 g/mol. The fraction of sp³-hybridized carbons (Fsp3) is 0.533. The number of rotatable bonds is 5. The second-order valence-electron chi connectivity index (χ2n) is 4.66. The van der Waals surface area contributed by atoms with Gasteiger partial charge >= 0.3 is 0 Å². The lowest BCUT2D eigenvalue weighted by Gasteiger charge is -2.28. The van der Waals surface area contributed by atoms with Gasteiger partial charge in [0.25, 0.3) is 5.91 Å². The summed E-state index contributed by atoms with van der Waals surface area (Å²) in [6.07, 6.45) is 2.22. The molecule has 0 saturated carbocycles. The molecule has 0 spiro atoms. The molecule has 1 heterocycles. The molecule has 0 unspecified atom stereocenters. The minimum absolute atomic E-state index is 0.0441. The maximum absolute atomic E-state index is 12.3. The number of hydrogen-bond donors (Lipinski definition) is 2. The third kappa shape index (κ3) is 4.38. The van der Waals surface area contributed by atoms with Crippen LogP contribution in [0.4, 0.5) is 0 Å². The van der Waals surface area contributed by atoms with E-state index in [0.717, 1.165) is 18.4 Å². The summed E-state index contributed by atoms with van der Waals surface area (Å²) >= 11 is 1.40. The van der Waals surface area contributed by atoms with E-state index in [1.165, 1.54) is 11.3 Å². The van der Waals surface area contributed by atoms with E-state index >= 15 is 0 Å². The highest BCUT2D eigenvalue weighted by Crippen LogP contribution is 2.19. The summed E-state index contributed by atoms with van der Waals surface area (Å²) in [6.45, 7) is 6.23. The first-order valence-corrected chi connectivity index (χ1v) is 7.44. The van der Waals surface area contributed by atoms with Crippen LogP contribution >= 0.6 is 11.3 Å². The molecule has 1 aromatic heterocycles. The largest absolute Gasteiger partial charge is 0.395 e. The molecule has 0 aliphatic rings. The topological polar surface area (TPSA) is 49.3 Å². The van der Waals surface area contributed by atoms with E-state index in [2.05, 4.69) is 37.9 Å². The maximum atomic E-state index is 12.3. The van der Waals surface area contributed by atoms with Crippen LogP contribution in [-0.4, -0.2) is 23.2 Å². The van der Waals surface area contributed by atoms with Crippen LogP contribution in [0.25, 0.3) is 0 Å². The predicted molar refractivity (Wildman–Crippen MR) is 79.4 cm³/mol. The van der Waals surface area contributed by atoms with Gasteiger partial charge in [-0.3, -0.25) is 4.79 Å². The molecule has 104 valence electrons. The molecule has 1 amide bonds. The lowest BCUT2D eigenvalue weighted by Crippen LogP contribution is -2.44. The van der Waals surface area contributed by atoms with E-state index in [1.54, 1.807) is 0 Å². The van der Waals surface area contributed by atoms with E-state index < -0.39 is 0 Å². The van der Waals surface area contributed by atoms with Crippen molar-refractivity contribution in [2.24, 2.45) is 0 Å². The fourth-order valence-corrected chi connectivity index (χ4v) is 2.30. The molecule has 0 radical (unpaired) electrons. The summed E-state index contributed by atoms with van der Waals surface area (Å²) in [5.74, 6) is 5.73. The van der Waals surface area contributed by atoms with Gasteiger partial charge < -0.3 is 10.4 Å². The van der Waals surface area contributed by atoms with Crippen molar-refractivity contribution in [3.05, 3.63) is 21.9 Å². The Kier molecular flexibility index (Phi) is 6.07. The minimum atomic E-state index is -0.170. The zero-order chi connectivity index (χ0) is 14.3. The highest BCUT2D eigenvalue weighted by Gasteiger charge is 2.24. The average molecular weight is 279 g/mol. The van der Waals surface area contributed by atoms with Gasteiger partial charge in [0, 0.05) is 17.5 Å². The standard InChI is InChI=1S/C15H21NO2S/c1-4-15(3,5-2)16-14(18)13-12(9-11-19-13)8-6-7-10-17/h9,11,17H,4-5,7,10H2,1-3H3,(H,16,18). The molecule has 0 aliphatic carbocycles. The third-order valence-electron chi connectivity index (χ3n) is 3.31. The summed E-state index contributed by atoms with van der Waals surface area (Å²) < 4.78 is 0. The van der Waals surface area contributed by atoms with Gasteiger partial charge in [0.15, 0.2) is 0 Å². The third-order valence-corrected chi connectivity index (χ3v) is 4.22. The highest BCUT2D eigenvalue weighted by atomic mass is 32.1. The molecule has 1 rings (SSSR count). The van der Waals surface area contributed by atoms with Crippen molar-refractivity contribution in [3.63, 3.8) is 0 Å². The van der Waals surface area contributed by atoms with Gasteiger partial charge in [-0.15, -0.1) is 11.3 Å². The first-order valence-electron chi connectivity index (χ1n) is 6.56. The Balaban J connectivity index is 2.84. The van der Waals surface area contributed by atoms with Gasteiger partial charge in [-0.2, -0.15) is 0 Å². The van der Waals surface area contributed by atoms with Gasteiger partial charge in [-0.05, 0) is 31.2 Å². The predicted octanol–water partition coefficient (Wildman–Crippen LogP) is 2.79. The van der Waals surface area contributed by atoms with Gasteiger partial charge in [0.1, 0.15) is 4.88 Å². The Morgan fingerprint density at radius 2 is 2.16 bits per heavy atom. The number of amides is 1. The molecule has 0 aliphatic heterocycles. The molecule has 2 N–H and O–H groups in total. The van der Waals surface area contributed by atoms with Gasteiger partial charge in [0.05, 0.1) is 6.61 Å². The minimum Gasteiger partial charge on any atom is -0.395 e. The Hall–Kier alpha value is -1.31. The molecule has 4 heteroatoms. The normalized spacial score (nSPS) is 10.7. The highest BCUT2D eigenvalue weighted by molar-refractivity contribution is 7.12. The van der Waals surface area contributed by atoms with E-state index in [4.69, 9.17) is 5.11 Å². The van der Waals surface area contributed by atoms with Crippen molar-refractivity contribution in [1.82, 2.24) is 5.32 Å². The van der Waals surface area contributed by atoms with Crippen LogP contribution in [0.5, 0.6) is 0 Å². The monoisotopic (exact) mass is 279 g/mol. The summed E-state index contributed by atoms with van der Waals surface area (Å²) in [7, 11) is 0. The Morgan fingerprint density at radius 3 is 2.74 bits per heavy atom. The summed E-state index contributed by atoms with van der Waals surface area (Å²) in [6, 6.07) is 1.85. The Morgan fingerprint density at radius 1 is 1.47 bits per heavy atom. The van der Waals surface area contributed by atoms with Gasteiger partial charge in [0.2, 0.25) is 0 Å². The van der Waals surface area contributed by atoms with Crippen LogP contribution in [-0.2, 0) is 0 Å². The molecule has 3 nitrogen and oxygen atoms in total. The number of thiophene rings is 1. The molecule has 19 heavy (non-hydrogen) atoms. The van der Waals surface area contributed by atoms with Crippen molar-refractivity contribution in [3.8, 4) is 11.8 Å². The molecule has 0 atom stereocenters. The van der Waals surface area contributed by atoms with Crippen molar-refractivity contribution in [2.45, 2.75) is 45.6 Å². The van der Waals surface area contributed by atoms with Crippen LogP contribution < -0.4 is 5.32 Å². The van der Waals surface area contributed by atoms with E-state index in [1.807, 2.05) is 11.4 Å². The van der Waals surface area contributed by atoms with E-state index in [0.29, 0.717) is 11.3 Å². The molecule has 1 aromatic rings. The molecular formula is C15H21NO2S. The van der Waals surface area contributed by atoms with Crippen LogP contribution in [0.1, 0.15) is 55.3 Å². The summed E-state index contributed by atoms with van der Waals surface area (Å²) in [5, 5.41) is 13.7. The second-order valence-corrected chi connectivity index (χ2v) is 5.58. The maximum Gasteiger partial charge on any atom is 0.263 e. The Bertz CT molecular complexity index is 478. The van der Waals surface area contributed by atoms with Gasteiger partial charge in [-0.25, -0.2) is 0 Å². The number of nitrogens with one attached hydrogen (secondary N) is 1. The molecule has 0 bridgehead atoms.